The van der Waals surface area contributed by atoms with Crippen LogP contribution in [0.2, 0.25) is 0 Å². The van der Waals surface area contributed by atoms with Crippen molar-refractivity contribution in [3.8, 4) is 17.2 Å². The molecule has 33 heavy (non-hydrogen) atoms. The van der Waals surface area contributed by atoms with Gasteiger partial charge in [-0.3, -0.25) is 4.79 Å². The number of hydrogen-bond donors (Lipinski definition) is 0. The number of fused-ring (bicyclic) bond motifs is 1. The lowest BCUT2D eigenvalue weighted by atomic mass is 10.0. The van der Waals surface area contributed by atoms with Gasteiger partial charge in [0.25, 0.3) is 0 Å². The van der Waals surface area contributed by atoms with Gasteiger partial charge in [-0.1, -0.05) is 12.1 Å². The van der Waals surface area contributed by atoms with Crippen LogP contribution in [0.15, 0.2) is 66.9 Å². The molecule has 5 nitrogen and oxygen atoms in total. The minimum absolute atomic E-state index is 0.0367. The molecule has 4 aromatic rings. The average Bonchev–Trinajstić information content (AvgIpc) is 3.08. The summed E-state index contributed by atoms with van der Waals surface area (Å²) in [6.45, 7) is 3.81. The van der Waals surface area contributed by atoms with Gasteiger partial charge in [0.2, 0.25) is 0 Å². The van der Waals surface area contributed by atoms with Crippen molar-refractivity contribution in [3.05, 3.63) is 89.2 Å². The normalized spacial score (nSPS) is 11.5. The quantitative estimate of drug-likeness (QED) is 0.301. The lowest BCUT2D eigenvalue weighted by Gasteiger charge is -2.10. The molecule has 0 bridgehead atoms. The number of benzene rings is 2. The van der Waals surface area contributed by atoms with Crippen LogP contribution in [0.1, 0.15) is 33.6 Å². The summed E-state index contributed by atoms with van der Waals surface area (Å²) in [4.78, 5) is 12.9. The van der Waals surface area contributed by atoms with Crippen LogP contribution in [0, 0.1) is 13.8 Å². The van der Waals surface area contributed by atoms with Gasteiger partial charge in [0, 0.05) is 12.6 Å². The van der Waals surface area contributed by atoms with Crippen LogP contribution in [0.25, 0.3) is 5.52 Å². The number of nitrogens with zero attached hydrogens (tertiary/aromatic N) is 2. The summed E-state index contributed by atoms with van der Waals surface area (Å²) in [5.74, 6) is 0.635. The third-order valence-corrected chi connectivity index (χ3v) is 5.10. The van der Waals surface area contributed by atoms with Crippen molar-refractivity contribution in [2.45, 2.75) is 33.1 Å². The number of carbonyl (C=O) groups excluding carboxylic acids is 1. The van der Waals surface area contributed by atoms with Crippen LogP contribution in [0.3, 0.4) is 0 Å². The fraction of sp³-hybridized carbons (Fsp3) is 0.200. The largest absolute Gasteiger partial charge is 0.573 e. The van der Waals surface area contributed by atoms with E-state index in [0.717, 1.165) is 16.6 Å². The molecule has 170 valence electrons. The number of ether oxygens (including phenoxy) is 2. The third kappa shape index (κ3) is 5.52. The van der Waals surface area contributed by atoms with E-state index in [1.807, 2.05) is 44.3 Å². The van der Waals surface area contributed by atoms with E-state index in [1.165, 1.54) is 24.3 Å². The molecule has 0 spiro atoms. The molecule has 0 radical (unpaired) electrons. The summed E-state index contributed by atoms with van der Waals surface area (Å²) in [5.41, 5.74) is 4.20. The number of carbonyl (C=O) groups is 1. The predicted molar refractivity (Wildman–Crippen MR) is 117 cm³/mol. The monoisotopic (exact) mass is 454 g/mol. The van der Waals surface area contributed by atoms with Crippen LogP contribution < -0.4 is 9.47 Å². The van der Waals surface area contributed by atoms with Gasteiger partial charge >= 0.3 is 6.36 Å². The molecule has 0 atom stereocenters. The lowest BCUT2D eigenvalue weighted by Crippen LogP contribution is -2.16. The van der Waals surface area contributed by atoms with Gasteiger partial charge in [-0.2, -0.15) is 5.10 Å². The number of halogens is 3. The highest BCUT2D eigenvalue weighted by atomic mass is 19.4. The summed E-state index contributed by atoms with van der Waals surface area (Å²) in [6.07, 6.45) is -1.98. The Morgan fingerprint density at radius 3 is 2.18 bits per heavy atom. The second-order valence-corrected chi connectivity index (χ2v) is 7.68. The second kappa shape index (κ2) is 8.97. The molecule has 2 aromatic heterocycles. The van der Waals surface area contributed by atoms with E-state index in [9.17, 15) is 18.0 Å². The summed E-state index contributed by atoms with van der Waals surface area (Å²) >= 11 is 0. The number of ketones is 1. The first-order valence-electron chi connectivity index (χ1n) is 10.3. The predicted octanol–water partition coefficient (Wildman–Crippen LogP) is 6.46. The highest BCUT2D eigenvalue weighted by molar-refractivity contribution is 6.03. The molecule has 0 amide bonds. The van der Waals surface area contributed by atoms with Crippen LogP contribution in [0.4, 0.5) is 13.2 Å². The van der Waals surface area contributed by atoms with E-state index in [-0.39, 0.29) is 11.5 Å². The Bertz CT molecular complexity index is 1280. The van der Waals surface area contributed by atoms with Crippen molar-refractivity contribution in [1.82, 2.24) is 9.61 Å². The van der Waals surface area contributed by atoms with Gasteiger partial charge in [0.1, 0.15) is 17.2 Å². The first-order chi connectivity index (χ1) is 15.7. The zero-order chi connectivity index (χ0) is 23.6. The Morgan fingerprint density at radius 2 is 1.55 bits per heavy atom. The maximum Gasteiger partial charge on any atom is 0.573 e. The van der Waals surface area contributed by atoms with E-state index in [1.54, 1.807) is 16.6 Å². The highest BCUT2D eigenvalue weighted by Gasteiger charge is 2.31. The minimum Gasteiger partial charge on any atom is -0.457 e. The Morgan fingerprint density at radius 1 is 0.939 bits per heavy atom. The van der Waals surface area contributed by atoms with E-state index in [0.29, 0.717) is 35.6 Å². The number of alkyl halides is 3. The van der Waals surface area contributed by atoms with Crippen molar-refractivity contribution < 1.29 is 27.4 Å². The number of aryl methyl sites for hydroxylation is 3. The van der Waals surface area contributed by atoms with E-state index >= 15 is 0 Å². The SMILES string of the molecule is Cc1ccn2nc(C)c(C(=O)CCc3ccc(Oc4ccc(OC(F)(F)F)cc4)cc3)c2c1. The Labute approximate surface area is 188 Å². The number of Topliss-reactive ketones (excluding diaryl/α,β-unsaturated/α-hetero) is 1. The van der Waals surface area contributed by atoms with Gasteiger partial charge in [0.15, 0.2) is 5.78 Å². The summed E-state index contributed by atoms with van der Waals surface area (Å²) in [5, 5.41) is 4.42. The fourth-order valence-corrected chi connectivity index (χ4v) is 3.57. The van der Waals surface area contributed by atoms with Gasteiger partial charge < -0.3 is 9.47 Å². The summed E-state index contributed by atoms with van der Waals surface area (Å²) in [7, 11) is 0. The molecule has 0 aliphatic rings. The topological polar surface area (TPSA) is 52.8 Å². The third-order valence-electron chi connectivity index (χ3n) is 5.10. The van der Waals surface area contributed by atoms with E-state index in [4.69, 9.17) is 4.74 Å². The van der Waals surface area contributed by atoms with Crippen molar-refractivity contribution in [3.63, 3.8) is 0 Å². The molecule has 0 N–H and O–H groups in total. The van der Waals surface area contributed by atoms with Crippen LogP contribution in [-0.2, 0) is 6.42 Å². The van der Waals surface area contributed by atoms with Gasteiger partial charge in [-0.25, -0.2) is 4.52 Å². The van der Waals surface area contributed by atoms with E-state index < -0.39 is 6.36 Å². The molecular weight excluding hydrogens is 433 g/mol. The molecule has 0 aliphatic carbocycles. The Balaban J connectivity index is 1.37. The van der Waals surface area contributed by atoms with Crippen molar-refractivity contribution >= 4 is 11.3 Å². The Hall–Kier alpha value is -3.81. The van der Waals surface area contributed by atoms with Gasteiger partial charge in [0.05, 0.1) is 16.8 Å². The standard InChI is InChI=1S/C25H21F3N2O3/c1-16-13-14-30-22(15-16)24(17(2)29-30)23(31)12-5-18-3-6-19(7-4-18)32-20-8-10-21(11-9-20)33-25(26,27)28/h3-4,6-11,13-15H,5,12H2,1-2H3. The van der Waals surface area contributed by atoms with E-state index in [2.05, 4.69) is 9.84 Å². The first-order valence-corrected chi connectivity index (χ1v) is 10.3. The molecule has 0 unspecified atom stereocenters. The number of pyridine rings is 1. The zero-order valence-corrected chi connectivity index (χ0v) is 18.0. The van der Waals surface area contributed by atoms with Crippen LogP contribution in [0.5, 0.6) is 17.2 Å². The molecule has 8 heteroatoms. The van der Waals surface area contributed by atoms with Crippen molar-refractivity contribution in [1.29, 1.82) is 0 Å². The maximum absolute atomic E-state index is 12.9. The van der Waals surface area contributed by atoms with Crippen molar-refractivity contribution in [2.24, 2.45) is 0 Å². The molecule has 0 aliphatic heterocycles. The molecule has 0 fully saturated rings. The minimum atomic E-state index is -4.73. The van der Waals surface area contributed by atoms with Gasteiger partial charge in [-0.15, -0.1) is 13.2 Å². The second-order valence-electron chi connectivity index (χ2n) is 7.68. The lowest BCUT2D eigenvalue weighted by molar-refractivity contribution is -0.274. The fourth-order valence-electron chi connectivity index (χ4n) is 3.57. The summed E-state index contributed by atoms with van der Waals surface area (Å²) < 4.78 is 48.0. The molecule has 0 saturated carbocycles. The molecule has 0 saturated heterocycles. The molecular formula is C25H21F3N2O3. The molecule has 2 aromatic carbocycles. The average molecular weight is 454 g/mol. The number of aromatic nitrogens is 2. The molecule has 2 heterocycles. The van der Waals surface area contributed by atoms with Crippen LogP contribution in [-0.4, -0.2) is 21.8 Å². The maximum atomic E-state index is 12.9. The molecule has 4 rings (SSSR count). The number of rotatable bonds is 7. The highest BCUT2D eigenvalue weighted by Crippen LogP contribution is 2.28. The van der Waals surface area contributed by atoms with Crippen molar-refractivity contribution in [2.75, 3.05) is 0 Å². The number of hydrogen-bond acceptors (Lipinski definition) is 4. The zero-order valence-electron chi connectivity index (χ0n) is 18.0. The Kier molecular flexibility index (Phi) is 6.09. The summed E-state index contributed by atoms with van der Waals surface area (Å²) in [6, 6.07) is 16.3. The smallest absolute Gasteiger partial charge is 0.457 e. The van der Waals surface area contributed by atoms with Crippen LogP contribution >= 0.6 is 0 Å². The van der Waals surface area contributed by atoms with Gasteiger partial charge in [-0.05, 0) is 79.9 Å². The first kappa shape index (κ1) is 22.4.